The van der Waals surface area contributed by atoms with E-state index in [1.165, 1.54) is 6.42 Å². The molecule has 1 aromatic rings. The van der Waals surface area contributed by atoms with E-state index in [2.05, 4.69) is 26.6 Å². The van der Waals surface area contributed by atoms with Gasteiger partial charge in [0.25, 0.3) is 0 Å². The molecule has 1 heterocycles. The average Bonchev–Trinajstić information content (AvgIpc) is 2.81. The second-order valence-corrected chi connectivity index (χ2v) is 5.76. The van der Waals surface area contributed by atoms with Crippen LogP contribution in [0.5, 0.6) is 0 Å². The van der Waals surface area contributed by atoms with Crippen LogP contribution in [0.3, 0.4) is 0 Å². The van der Waals surface area contributed by atoms with E-state index in [-0.39, 0.29) is 11.9 Å². The van der Waals surface area contributed by atoms with Crippen molar-refractivity contribution in [3.63, 3.8) is 0 Å². The second-order valence-electron chi connectivity index (χ2n) is 4.84. The molecule has 0 aliphatic carbocycles. The van der Waals surface area contributed by atoms with Crippen LogP contribution in [0, 0.1) is 0 Å². The lowest BCUT2D eigenvalue weighted by atomic mass is 10.1. The molecule has 18 heavy (non-hydrogen) atoms. The van der Waals surface area contributed by atoms with Crippen LogP contribution in [-0.4, -0.2) is 18.5 Å². The molecular formula is C14H19BrN2O. The minimum atomic E-state index is 0.0522. The zero-order valence-electron chi connectivity index (χ0n) is 10.6. The largest absolute Gasteiger partial charge is 0.350 e. The Morgan fingerprint density at radius 2 is 2.44 bits per heavy atom. The predicted molar refractivity (Wildman–Crippen MR) is 76.3 cm³/mol. The van der Waals surface area contributed by atoms with Crippen LogP contribution in [0.4, 0.5) is 0 Å². The standard InChI is InChI=1S/C14H19BrN2O/c1-10(11-4-2-5-12(15)8-11)17-14(18)9-13-6-3-7-16-13/h2,4-5,8,10,13,16H,3,6-7,9H2,1H3,(H,17,18)/t10-,13?/m0/s1. The van der Waals surface area contributed by atoms with E-state index < -0.39 is 0 Å². The summed E-state index contributed by atoms with van der Waals surface area (Å²) in [6, 6.07) is 8.46. The molecule has 1 aliphatic rings. The highest BCUT2D eigenvalue weighted by Gasteiger charge is 2.18. The van der Waals surface area contributed by atoms with Gasteiger partial charge < -0.3 is 10.6 Å². The van der Waals surface area contributed by atoms with Crippen molar-refractivity contribution in [1.82, 2.24) is 10.6 Å². The molecule has 1 fully saturated rings. The first-order chi connectivity index (χ1) is 8.65. The average molecular weight is 311 g/mol. The predicted octanol–water partition coefficient (Wildman–Crippen LogP) is 2.77. The summed E-state index contributed by atoms with van der Waals surface area (Å²) in [5, 5.41) is 6.39. The Balaban J connectivity index is 1.86. The first-order valence-electron chi connectivity index (χ1n) is 6.43. The minimum absolute atomic E-state index is 0.0522. The molecule has 2 N–H and O–H groups in total. The lowest BCUT2D eigenvalue weighted by molar-refractivity contribution is -0.122. The number of nitrogens with one attached hydrogen (secondary N) is 2. The zero-order valence-corrected chi connectivity index (χ0v) is 12.2. The van der Waals surface area contributed by atoms with Crippen molar-refractivity contribution >= 4 is 21.8 Å². The van der Waals surface area contributed by atoms with Crippen LogP contribution in [0.2, 0.25) is 0 Å². The Hall–Kier alpha value is -0.870. The fraction of sp³-hybridized carbons (Fsp3) is 0.500. The van der Waals surface area contributed by atoms with Gasteiger partial charge in [-0.25, -0.2) is 0 Å². The first-order valence-corrected chi connectivity index (χ1v) is 7.22. The number of halogens is 1. The second kappa shape index (κ2) is 6.34. The van der Waals surface area contributed by atoms with E-state index in [4.69, 9.17) is 0 Å². The fourth-order valence-corrected chi connectivity index (χ4v) is 2.73. The van der Waals surface area contributed by atoms with Gasteiger partial charge in [-0.05, 0) is 44.0 Å². The Labute approximate surface area is 116 Å². The summed E-state index contributed by atoms with van der Waals surface area (Å²) in [7, 11) is 0. The van der Waals surface area contributed by atoms with Gasteiger partial charge in [0.15, 0.2) is 0 Å². The summed E-state index contributed by atoms with van der Waals surface area (Å²) in [5.41, 5.74) is 1.12. The summed E-state index contributed by atoms with van der Waals surface area (Å²) in [5.74, 6) is 0.127. The molecule has 2 atom stereocenters. The number of carbonyl (C=O) groups is 1. The third-order valence-electron chi connectivity index (χ3n) is 3.32. The van der Waals surface area contributed by atoms with E-state index in [1.54, 1.807) is 0 Å². The van der Waals surface area contributed by atoms with Crippen LogP contribution in [-0.2, 0) is 4.79 Å². The van der Waals surface area contributed by atoms with Gasteiger partial charge in [0, 0.05) is 16.9 Å². The Morgan fingerprint density at radius 1 is 1.61 bits per heavy atom. The molecule has 0 spiro atoms. The van der Waals surface area contributed by atoms with Gasteiger partial charge in [-0.2, -0.15) is 0 Å². The topological polar surface area (TPSA) is 41.1 Å². The van der Waals surface area contributed by atoms with Crippen molar-refractivity contribution in [2.45, 2.75) is 38.3 Å². The molecule has 1 amide bonds. The Morgan fingerprint density at radius 3 is 3.11 bits per heavy atom. The molecule has 1 aromatic carbocycles. The van der Waals surface area contributed by atoms with Gasteiger partial charge in [0.2, 0.25) is 5.91 Å². The van der Waals surface area contributed by atoms with E-state index in [9.17, 15) is 4.79 Å². The number of carbonyl (C=O) groups excluding carboxylic acids is 1. The van der Waals surface area contributed by atoms with Gasteiger partial charge >= 0.3 is 0 Å². The quantitative estimate of drug-likeness (QED) is 0.898. The number of benzene rings is 1. The smallest absolute Gasteiger partial charge is 0.222 e. The van der Waals surface area contributed by atoms with E-state index in [0.717, 1.165) is 23.0 Å². The molecule has 0 saturated carbocycles. The highest BCUT2D eigenvalue weighted by molar-refractivity contribution is 9.10. The summed E-state index contributed by atoms with van der Waals surface area (Å²) >= 11 is 3.44. The van der Waals surface area contributed by atoms with Gasteiger partial charge in [-0.3, -0.25) is 4.79 Å². The van der Waals surface area contributed by atoms with Crippen molar-refractivity contribution in [1.29, 1.82) is 0 Å². The highest BCUT2D eigenvalue weighted by Crippen LogP contribution is 2.18. The molecular weight excluding hydrogens is 292 g/mol. The normalized spacial score (nSPS) is 20.7. The maximum atomic E-state index is 11.9. The molecule has 0 aromatic heterocycles. The number of hydrogen-bond donors (Lipinski definition) is 2. The summed E-state index contributed by atoms with van der Waals surface area (Å²) in [6.45, 7) is 3.06. The third-order valence-corrected chi connectivity index (χ3v) is 3.81. The summed E-state index contributed by atoms with van der Waals surface area (Å²) in [6.07, 6.45) is 2.87. The lowest BCUT2D eigenvalue weighted by Crippen LogP contribution is -2.33. The van der Waals surface area contributed by atoms with Crippen molar-refractivity contribution in [2.75, 3.05) is 6.54 Å². The van der Waals surface area contributed by atoms with Crippen molar-refractivity contribution < 1.29 is 4.79 Å². The zero-order chi connectivity index (χ0) is 13.0. The van der Waals surface area contributed by atoms with Gasteiger partial charge in [-0.1, -0.05) is 28.1 Å². The van der Waals surface area contributed by atoms with Gasteiger partial charge in [0.05, 0.1) is 6.04 Å². The van der Waals surface area contributed by atoms with Crippen LogP contribution < -0.4 is 10.6 Å². The summed E-state index contributed by atoms with van der Waals surface area (Å²) < 4.78 is 1.04. The van der Waals surface area contributed by atoms with Crippen LogP contribution >= 0.6 is 15.9 Å². The molecule has 98 valence electrons. The van der Waals surface area contributed by atoms with Crippen molar-refractivity contribution in [3.8, 4) is 0 Å². The maximum Gasteiger partial charge on any atom is 0.222 e. The monoisotopic (exact) mass is 310 g/mol. The number of amides is 1. The molecule has 2 rings (SSSR count). The third kappa shape index (κ3) is 3.82. The molecule has 1 saturated heterocycles. The Kier molecular flexibility index (Phi) is 4.78. The van der Waals surface area contributed by atoms with Crippen LogP contribution in [0.25, 0.3) is 0 Å². The molecule has 1 unspecified atom stereocenters. The SMILES string of the molecule is C[C@H](NC(=O)CC1CCCN1)c1cccc(Br)c1. The van der Waals surface area contributed by atoms with E-state index >= 15 is 0 Å². The fourth-order valence-electron chi connectivity index (χ4n) is 2.31. The minimum Gasteiger partial charge on any atom is -0.350 e. The molecule has 4 heteroatoms. The van der Waals surface area contributed by atoms with Crippen molar-refractivity contribution in [3.05, 3.63) is 34.3 Å². The molecule has 0 bridgehead atoms. The number of rotatable bonds is 4. The molecule has 0 radical (unpaired) electrons. The highest BCUT2D eigenvalue weighted by atomic mass is 79.9. The van der Waals surface area contributed by atoms with E-state index in [0.29, 0.717) is 12.5 Å². The first kappa shape index (κ1) is 13.6. The van der Waals surface area contributed by atoms with E-state index in [1.807, 2.05) is 31.2 Å². The van der Waals surface area contributed by atoms with Crippen LogP contribution in [0.15, 0.2) is 28.7 Å². The molecule has 3 nitrogen and oxygen atoms in total. The lowest BCUT2D eigenvalue weighted by Gasteiger charge is -2.16. The van der Waals surface area contributed by atoms with Gasteiger partial charge in [-0.15, -0.1) is 0 Å². The molecule has 1 aliphatic heterocycles. The number of hydrogen-bond acceptors (Lipinski definition) is 2. The maximum absolute atomic E-state index is 11.9. The summed E-state index contributed by atoms with van der Waals surface area (Å²) in [4.78, 5) is 11.9. The van der Waals surface area contributed by atoms with Gasteiger partial charge in [0.1, 0.15) is 0 Å². The van der Waals surface area contributed by atoms with Crippen molar-refractivity contribution in [2.24, 2.45) is 0 Å². The van der Waals surface area contributed by atoms with Crippen LogP contribution in [0.1, 0.15) is 37.8 Å². The Bertz CT molecular complexity index is 416.